The number of rotatable bonds is 2. The van der Waals surface area contributed by atoms with Crippen LogP contribution in [-0.2, 0) is 14.7 Å². The minimum absolute atomic E-state index is 0.375. The first kappa shape index (κ1) is 12.5. The average Bonchev–Trinajstić information content (AvgIpc) is 1.85. The topological polar surface area (TPSA) is 54.0 Å². The quantitative estimate of drug-likeness (QED) is 0.450. The fourth-order valence-corrected chi connectivity index (χ4v) is 0.203. The lowest BCUT2D eigenvalue weighted by atomic mass is 10.3. The molecule has 3 heteroatoms. The maximum Gasteiger partial charge on any atom is 0.362 e. The van der Waals surface area contributed by atoms with Crippen molar-refractivity contribution >= 4 is 11.8 Å². The number of carbonyl (C=O) groups excluding carboxylic acids is 2. The molecule has 0 aromatic heterocycles. The summed E-state index contributed by atoms with van der Waals surface area (Å²) in [5, 5.41) is 9.48. The van der Waals surface area contributed by atoms with Crippen molar-refractivity contribution in [3.8, 4) is 0 Å². The Morgan fingerprint density at radius 3 is 1.55 bits per heavy atom. The summed E-state index contributed by atoms with van der Waals surface area (Å²) in [6, 6.07) is 0. The Morgan fingerprint density at radius 2 is 1.55 bits per heavy atom. The highest BCUT2D eigenvalue weighted by atomic mass is 16.4. The fraction of sp³-hybridized carbons (Fsp3) is 0.500. The van der Waals surface area contributed by atoms with E-state index in [1.165, 1.54) is 6.92 Å². The maximum atomic E-state index is 9.83. The van der Waals surface area contributed by atoms with Gasteiger partial charge in [-0.2, -0.15) is 0 Å². The van der Waals surface area contributed by atoms with Crippen molar-refractivity contribution in [2.45, 2.75) is 27.2 Å². The molecular formula is C8H13O3. The first-order valence-corrected chi connectivity index (χ1v) is 3.31. The van der Waals surface area contributed by atoms with Gasteiger partial charge in [-0.25, -0.2) is 9.90 Å². The van der Waals surface area contributed by atoms with E-state index in [2.05, 4.69) is 0 Å². The zero-order valence-electron chi connectivity index (χ0n) is 7.09. The third-order valence-corrected chi connectivity index (χ3v) is 0.727. The van der Waals surface area contributed by atoms with Gasteiger partial charge in [0, 0.05) is 0 Å². The molecule has 0 saturated carbocycles. The van der Waals surface area contributed by atoms with Crippen molar-refractivity contribution in [3.05, 3.63) is 12.2 Å². The van der Waals surface area contributed by atoms with Crippen LogP contribution in [0.5, 0.6) is 0 Å². The van der Waals surface area contributed by atoms with Crippen LogP contribution in [-0.4, -0.2) is 11.8 Å². The molecule has 1 radical (unpaired) electrons. The highest BCUT2D eigenvalue weighted by Gasteiger charge is 2.01. The molecule has 63 valence electrons. The first-order chi connectivity index (χ1) is 5.04. The minimum atomic E-state index is -1.31. The van der Waals surface area contributed by atoms with Gasteiger partial charge < -0.3 is 0 Å². The molecule has 0 aliphatic carbocycles. The average molecular weight is 157 g/mol. The number of Topliss-reactive ketones (excluding diaryl/α,β-unsaturated/α-hetero) is 1. The molecule has 0 atom stereocenters. The summed E-state index contributed by atoms with van der Waals surface area (Å²) < 4.78 is 0. The van der Waals surface area contributed by atoms with E-state index in [0.717, 1.165) is 0 Å². The first-order valence-electron chi connectivity index (χ1n) is 3.31. The van der Waals surface area contributed by atoms with Crippen LogP contribution in [0.1, 0.15) is 27.2 Å². The Bertz CT molecular complexity index is 131. The molecule has 0 amide bonds. The van der Waals surface area contributed by atoms with Crippen LogP contribution in [0, 0.1) is 0 Å². The van der Waals surface area contributed by atoms with Crippen LogP contribution >= 0.6 is 0 Å². The molecule has 0 aromatic carbocycles. The van der Waals surface area contributed by atoms with Gasteiger partial charge in [0.25, 0.3) is 0 Å². The Hall–Kier alpha value is -1.12. The maximum absolute atomic E-state index is 9.83. The number of carbonyl (C=O) groups is 2. The number of ketones is 1. The lowest BCUT2D eigenvalue weighted by Crippen LogP contribution is -1.99. The SMILES string of the molecule is CC(=O)CC([O])=O.CC=CC. The van der Waals surface area contributed by atoms with E-state index in [4.69, 9.17) is 0 Å². The zero-order chi connectivity index (χ0) is 9.28. The van der Waals surface area contributed by atoms with Gasteiger partial charge in [0.15, 0.2) is 0 Å². The summed E-state index contributed by atoms with van der Waals surface area (Å²) in [6.45, 7) is 5.20. The summed E-state index contributed by atoms with van der Waals surface area (Å²) in [5.74, 6) is -1.69. The molecule has 0 heterocycles. The molecule has 0 saturated heterocycles. The molecular weight excluding hydrogens is 144 g/mol. The molecule has 11 heavy (non-hydrogen) atoms. The predicted molar refractivity (Wildman–Crippen MR) is 41.5 cm³/mol. The summed E-state index contributed by atoms with van der Waals surface area (Å²) in [5.41, 5.74) is 0. The highest BCUT2D eigenvalue weighted by molar-refractivity contribution is 5.92. The smallest absolute Gasteiger partial charge is 0.299 e. The Balaban J connectivity index is 0. The second-order valence-electron chi connectivity index (χ2n) is 1.92. The molecule has 0 aliphatic rings. The number of hydrogen-bond donors (Lipinski definition) is 0. The van der Waals surface area contributed by atoms with Gasteiger partial charge in [0.2, 0.25) is 0 Å². The lowest BCUT2D eigenvalue weighted by molar-refractivity contribution is -0.145. The minimum Gasteiger partial charge on any atom is -0.299 e. The van der Waals surface area contributed by atoms with Gasteiger partial charge in [-0.3, -0.25) is 4.79 Å². The third-order valence-electron chi connectivity index (χ3n) is 0.727. The van der Waals surface area contributed by atoms with Crippen LogP contribution in [0.25, 0.3) is 0 Å². The van der Waals surface area contributed by atoms with Gasteiger partial charge in [0.05, 0.1) is 0 Å². The second kappa shape index (κ2) is 8.88. The van der Waals surface area contributed by atoms with E-state index in [9.17, 15) is 14.7 Å². The predicted octanol–water partition coefficient (Wildman–Crippen LogP) is 1.51. The molecule has 0 bridgehead atoms. The summed E-state index contributed by atoms with van der Waals surface area (Å²) in [7, 11) is 0. The standard InChI is InChI=1S/C4H5O3.C4H8/c1-3(5)2-4(6)7;1-3-4-2/h2H2,1H3;3-4H,1-2H3. The molecule has 3 nitrogen and oxygen atoms in total. The highest BCUT2D eigenvalue weighted by Crippen LogP contribution is 1.78. The van der Waals surface area contributed by atoms with E-state index >= 15 is 0 Å². The van der Waals surface area contributed by atoms with Gasteiger partial charge in [-0.1, -0.05) is 12.2 Å². The van der Waals surface area contributed by atoms with Gasteiger partial charge in [0.1, 0.15) is 12.2 Å². The van der Waals surface area contributed by atoms with Crippen LogP contribution in [0.4, 0.5) is 0 Å². The Labute approximate surface area is 66.7 Å². The fourth-order valence-electron chi connectivity index (χ4n) is 0.203. The Kier molecular flexibility index (Phi) is 10.1. The number of allylic oxidation sites excluding steroid dienone is 2. The lowest BCUT2D eigenvalue weighted by Gasteiger charge is -1.77. The third kappa shape index (κ3) is 27.9. The summed E-state index contributed by atoms with van der Waals surface area (Å²) >= 11 is 0. The van der Waals surface area contributed by atoms with Crippen molar-refractivity contribution in [3.63, 3.8) is 0 Å². The Morgan fingerprint density at radius 1 is 1.18 bits per heavy atom. The molecule has 0 rings (SSSR count). The van der Waals surface area contributed by atoms with E-state index in [1.54, 1.807) is 0 Å². The van der Waals surface area contributed by atoms with Crippen molar-refractivity contribution < 1.29 is 14.7 Å². The van der Waals surface area contributed by atoms with Gasteiger partial charge >= 0.3 is 5.97 Å². The number of hydrogen-bond acceptors (Lipinski definition) is 2. The normalized spacial score (nSPS) is 8.64. The molecule has 0 N–H and O–H groups in total. The van der Waals surface area contributed by atoms with E-state index < -0.39 is 12.4 Å². The van der Waals surface area contributed by atoms with Crippen molar-refractivity contribution in [1.29, 1.82) is 0 Å². The molecule has 0 aliphatic heterocycles. The second-order valence-corrected chi connectivity index (χ2v) is 1.92. The van der Waals surface area contributed by atoms with E-state index in [0.29, 0.717) is 0 Å². The van der Waals surface area contributed by atoms with Crippen LogP contribution in [0.15, 0.2) is 12.2 Å². The van der Waals surface area contributed by atoms with Crippen LogP contribution in [0.2, 0.25) is 0 Å². The molecule has 0 unspecified atom stereocenters. The molecule has 0 spiro atoms. The van der Waals surface area contributed by atoms with Crippen molar-refractivity contribution in [2.24, 2.45) is 0 Å². The monoisotopic (exact) mass is 157 g/mol. The largest absolute Gasteiger partial charge is 0.362 e. The zero-order valence-corrected chi connectivity index (χ0v) is 7.09. The molecule has 0 aromatic rings. The van der Waals surface area contributed by atoms with E-state index in [-0.39, 0.29) is 5.78 Å². The van der Waals surface area contributed by atoms with E-state index in [1.807, 2.05) is 26.0 Å². The molecule has 0 fully saturated rings. The van der Waals surface area contributed by atoms with Gasteiger partial charge in [-0.15, -0.1) is 0 Å². The van der Waals surface area contributed by atoms with Crippen molar-refractivity contribution in [1.82, 2.24) is 0 Å². The van der Waals surface area contributed by atoms with Gasteiger partial charge in [-0.05, 0) is 20.8 Å². The summed E-state index contributed by atoms with van der Waals surface area (Å²) in [6.07, 6.45) is 3.53. The summed E-state index contributed by atoms with van der Waals surface area (Å²) in [4.78, 5) is 19.3. The van der Waals surface area contributed by atoms with Crippen LogP contribution < -0.4 is 0 Å². The van der Waals surface area contributed by atoms with Crippen molar-refractivity contribution in [2.75, 3.05) is 0 Å². The van der Waals surface area contributed by atoms with Crippen LogP contribution in [0.3, 0.4) is 0 Å².